The number of aliphatic carboxylic acids is 1. The minimum Gasteiger partial charge on any atom is -0.481 e. The van der Waals surface area contributed by atoms with E-state index in [4.69, 9.17) is 4.74 Å². The molecule has 1 heterocycles. The third-order valence-corrected chi connectivity index (χ3v) is 6.49. The molecule has 0 spiro atoms. The van der Waals surface area contributed by atoms with Crippen LogP contribution < -0.4 is 10.6 Å². The largest absolute Gasteiger partial charge is 0.481 e. The van der Waals surface area contributed by atoms with Gasteiger partial charge in [-0.3, -0.25) is 14.4 Å². The lowest BCUT2D eigenvalue weighted by atomic mass is 9.98. The molecule has 35 heavy (non-hydrogen) atoms. The maximum Gasteiger partial charge on any atom is 0.407 e. The first-order valence-electron chi connectivity index (χ1n) is 11.8. The zero-order valence-electron chi connectivity index (χ0n) is 19.5. The van der Waals surface area contributed by atoms with Crippen molar-refractivity contribution in [3.8, 4) is 11.1 Å². The highest BCUT2D eigenvalue weighted by Crippen LogP contribution is 2.44. The predicted molar refractivity (Wildman–Crippen MR) is 128 cm³/mol. The highest BCUT2D eigenvalue weighted by molar-refractivity contribution is 5.94. The number of ether oxygens (including phenoxy) is 1. The van der Waals surface area contributed by atoms with E-state index in [0.717, 1.165) is 22.3 Å². The molecule has 2 unspecified atom stereocenters. The number of benzene rings is 2. The van der Waals surface area contributed by atoms with Gasteiger partial charge in [0.1, 0.15) is 18.7 Å². The normalized spacial score (nSPS) is 17.7. The van der Waals surface area contributed by atoms with Gasteiger partial charge in [0.2, 0.25) is 11.8 Å². The van der Waals surface area contributed by atoms with E-state index in [1.165, 1.54) is 4.90 Å². The van der Waals surface area contributed by atoms with Crippen LogP contribution in [0.3, 0.4) is 0 Å². The summed E-state index contributed by atoms with van der Waals surface area (Å²) in [4.78, 5) is 50.7. The van der Waals surface area contributed by atoms with Gasteiger partial charge in [-0.1, -0.05) is 61.9 Å². The topological polar surface area (TPSA) is 125 Å². The molecule has 3 N–H and O–H groups in total. The van der Waals surface area contributed by atoms with Gasteiger partial charge in [0.15, 0.2) is 0 Å². The number of carbonyl (C=O) groups excluding carboxylic acids is 3. The first-order valence-corrected chi connectivity index (χ1v) is 11.8. The summed E-state index contributed by atoms with van der Waals surface area (Å²) in [6.45, 7) is 2.39. The van der Waals surface area contributed by atoms with Gasteiger partial charge in [0.25, 0.3) is 0 Å². The third-order valence-electron chi connectivity index (χ3n) is 6.49. The number of carboxylic acids is 1. The summed E-state index contributed by atoms with van der Waals surface area (Å²) in [5.74, 6) is -2.29. The summed E-state index contributed by atoms with van der Waals surface area (Å²) in [6.07, 6.45) is -0.290. The van der Waals surface area contributed by atoms with Crippen molar-refractivity contribution >= 4 is 23.9 Å². The molecular weight excluding hydrogens is 450 g/mol. The van der Waals surface area contributed by atoms with Crippen molar-refractivity contribution in [2.24, 2.45) is 0 Å². The van der Waals surface area contributed by atoms with Gasteiger partial charge in [0.05, 0.1) is 6.42 Å². The van der Waals surface area contributed by atoms with E-state index in [1.807, 2.05) is 55.5 Å². The van der Waals surface area contributed by atoms with Gasteiger partial charge in [-0.25, -0.2) is 4.79 Å². The van der Waals surface area contributed by atoms with E-state index in [9.17, 15) is 24.3 Å². The maximum absolute atomic E-state index is 13.2. The molecule has 1 saturated heterocycles. The van der Waals surface area contributed by atoms with E-state index in [1.54, 1.807) is 0 Å². The molecular formula is C26H29N3O6. The van der Waals surface area contributed by atoms with Crippen LogP contribution in [0.5, 0.6) is 0 Å². The van der Waals surface area contributed by atoms with Crippen molar-refractivity contribution in [1.29, 1.82) is 0 Å². The molecule has 2 aromatic rings. The lowest BCUT2D eigenvalue weighted by Gasteiger charge is -2.36. The van der Waals surface area contributed by atoms with E-state index in [0.29, 0.717) is 12.8 Å². The quantitative estimate of drug-likeness (QED) is 0.534. The number of nitrogens with one attached hydrogen (secondary N) is 2. The van der Waals surface area contributed by atoms with Crippen LogP contribution in [-0.2, 0) is 19.1 Å². The van der Waals surface area contributed by atoms with Crippen LogP contribution in [-0.4, -0.2) is 65.7 Å². The Labute approximate surface area is 203 Å². The highest BCUT2D eigenvalue weighted by atomic mass is 16.5. The maximum atomic E-state index is 13.2. The second kappa shape index (κ2) is 10.6. The number of hydrogen-bond donors (Lipinski definition) is 3. The number of piperazine rings is 1. The fourth-order valence-electron chi connectivity index (χ4n) is 4.88. The van der Waals surface area contributed by atoms with Crippen molar-refractivity contribution in [3.05, 3.63) is 59.7 Å². The van der Waals surface area contributed by atoms with Crippen molar-refractivity contribution in [2.75, 3.05) is 19.7 Å². The molecule has 2 aromatic carbocycles. The molecule has 0 bridgehead atoms. The smallest absolute Gasteiger partial charge is 0.407 e. The molecule has 1 aliphatic carbocycles. The van der Waals surface area contributed by atoms with Crippen molar-refractivity contribution in [2.45, 2.75) is 44.2 Å². The summed E-state index contributed by atoms with van der Waals surface area (Å²) >= 11 is 0. The lowest BCUT2D eigenvalue weighted by Crippen LogP contribution is -2.61. The van der Waals surface area contributed by atoms with Crippen LogP contribution in [0.2, 0.25) is 0 Å². The Balaban J connectivity index is 1.44. The van der Waals surface area contributed by atoms with Gasteiger partial charge >= 0.3 is 12.1 Å². The van der Waals surface area contributed by atoms with Crippen LogP contribution >= 0.6 is 0 Å². The molecule has 1 fully saturated rings. The van der Waals surface area contributed by atoms with E-state index >= 15 is 0 Å². The number of rotatable bonds is 8. The van der Waals surface area contributed by atoms with Gasteiger partial charge in [0, 0.05) is 19.0 Å². The first-order chi connectivity index (χ1) is 16.9. The minimum absolute atomic E-state index is 0.112. The van der Waals surface area contributed by atoms with Crippen LogP contribution in [0.4, 0.5) is 4.79 Å². The number of carbonyl (C=O) groups is 4. The summed E-state index contributed by atoms with van der Waals surface area (Å²) in [5, 5.41) is 14.4. The molecule has 0 saturated carbocycles. The molecule has 0 aromatic heterocycles. The summed E-state index contributed by atoms with van der Waals surface area (Å²) in [7, 11) is 0. The number of alkyl carbamates (subject to hydrolysis) is 1. The molecule has 9 heteroatoms. The van der Waals surface area contributed by atoms with E-state index in [2.05, 4.69) is 10.6 Å². The molecule has 9 nitrogen and oxygen atoms in total. The second-order valence-corrected chi connectivity index (χ2v) is 8.75. The van der Waals surface area contributed by atoms with E-state index < -0.39 is 42.4 Å². The Morgan fingerprint density at radius 1 is 1.11 bits per heavy atom. The fraction of sp³-hybridized carbons (Fsp3) is 0.385. The average Bonchev–Trinajstić information content (AvgIpc) is 3.17. The average molecular weight is 480 g/mol. The number of fused-ring (bicyclic) bond motifs is 3. The zero-order chi connectivity index (χ0) is 24.9. The zero-order valence-corrected chi connectivity index (χ0v) is 19.5. The van der Waals surface area contributed by atoms with Crippen LogP contribution in [0, 0.1) is 0 Å². The summed E-state index contributed by atoms with van der Waals surface area (Å²) in [5.41, 5.74) is 4.39. The van der Waals surface area contributed by atoms with E-state index in [-0.39, 0.29) is 25.6 Å². The van der Waals surface area contributed by atoms with Crippen LogP contribution in [0.1, 0.15) is 43.2 Å². The number of nitrogens with zero attached hydrogens (tertiary/aromatic N) is 1. The highest BCUT2D eigenvalue weighted by Gasteiger charge is 2.38. The predicted octanol–water partition coefficient (Wildman–Crippen LogP) is 2.50. The molecule has 1 aliphatic heterocycles. The van der Waals surface area contributed by atoms with Gasteiger partial charge in [-0.15, -0.1) is 0 Å². The lowest BCUT2D eigenvalue weighted by molar-refractivity contribution is -0.149. The molecule has 4 rings (SSSR count). The van der Waals surface area contributed by atoms with Gasteiger partial charge < -0.3 is 25.4 Å². The second-order valence-electron chi connectivity index (χ2n) is 8.75. The first kappa shape index (κ1) is 24.3. The van der Waals surface area contributed by atoms with Crippen LogP contribution in [0.25, 0.3) is 11.1 Å². The number of amides is 3. The molecule has 0 radical (unpaired) electrons. The summed E-state index contributed by atoms with van der Waals surface area (Å²) in [6, 6.07) is 14.0. The number of hydrogen-bond acceptors (Lipinski definition) is 5. The SMILES string of the molecule is CCCC(NC(=O)OCC1c2ccccc2-c2ccccc21)C(=O)N1CCNC(=O)C1CC(=O)O. The van der Waals surface area contributed by atoms with Crippen molar-refractivity contribution in [1.82, 2.24) is 15.5 Å². The Morgan fingerprint density at radius 3 is 2.34 bits per heavy atom. The van der Waals surface area contributed by atoms with Gasteiger partial charge in [-0.05, 0) is 28.7 Å². The molecule has 2 atom stereocenters. The molecule has 184 valence electrons. The fourth-order valence-corrected chi connectivity index (χ4v) is 4.88. The minimum atomic E-state index is -1.18. The Bertz CT molecular complexity index is 1090. The summed E-state index contributed by atoms with van der Waals surface area (Å²) < 4.78 is 5.57. The molecule has 3 amide bonds. The Hall–Kier alpha value is -3.88. The third kappa shape index (κ3) is 5.13. The monoisotopic (exact) mass is 479 g/mol. The van der Waals surface area contributed by atoms with Crippen molar-refractivity contribution < 1.29 is 29.0 Å². The van der Waals surface area contributed by atoms with Crippen LogP contribution in [0.15, 0.2) is 48.5 Å². The molecule has 2 aliphatic rings. The van der Waals surface area contributed by atoms with Crippen molar-refractivity contribution in [3.63, 3.8) is 0 Å². The van der Waals surface area contributed by atoms with Gasteiger partial charge in [-0.2, -0.15) is 0 Å². The number of carboxylic acid groups (broad SMARTS) is 1. The standard InChI is InChI=1S/C26H29N3O6/c1-2-7-21(25(33)29-13-12-27-24(32)22(29)14-23(30)31)28-26(34)35-15-20-18-10-5-3-8-16(18)17-9-4-6-11-19(17)20/h3-6,8-11,20-22H,2,7,12-15H2,1H3,(H,27,32)(H,28,34)(H,30,31). The Morgan fingerprint density at radius 2 is 1.74 bits per heavy atom. The Kier molecular flexibility index (Phi) is 7.33.